The van der Waals surface area contributed by atoms with Crippen molar-refractivity contribution in [2.24, 2.45) is 0 Å². The van der Waals surface area contributed by atoms with Crippen LogP contribution < -0.4 is 4.73 Å². The van der Waals surface area contributed by atoms with Crippen LogP contribution in [0.3, 0.4) is 0 Å². The van der Waals surface area contributed by atoms with Crippen LogP contribution >= 0.6 is 11.6 Å². The van der Waals surface area contributed by atoms with Crippen molar-refractivity contribution < 1.29 is 14.6 Å². The van der Waals surface area contributed by atoms with Crippen molar-refractivity contribution in [2.45, 2.75) is 6.92 Å². The van der Waals surface area contributed by atoms with Crippen molar-refractivity contribution in [1.29, 1.82) is 0 Å². The summed E-state index contributed by atoms with van der Waals surface area (Å²) in [5.41, 5.74) is 0.0596. The predicted molar refractivity (Wildman–Crippen MR) is 42.1 cm³/mol. The standard InChI is InChI=1S/C7H6ClNO3/c1-4-5(7(10)11)2-3-6(8)9(4)12/h2-3H,1H3,(H,10,11). The highest BCUT2D eigenvalue weighted by Gasteiger charge is 2.16. The molecule has 1 aromatic rings. The van der Waals surface area contributed by atoms with Crippen molar-refractivity contribution in [1.82, 2.24) is 0 Å². The van der Waals surface area contributed by atoms with Crippen molar-refractivity contribution in [3.63, 3.8) is 0 Å². The van der Waals surface area contributed by atoms with Crippen LogP contribution in [0.4, 0.5) is 0 Å². The molecule has 0 spiro atoms. The van der Waals surface area contributed by atoms with Gasteiger partial charge in [-0.3, -0.25) is 0 Å². The van der Waals surface area contributed by atoms with Gasteiger partial charge in [0.1, 0.15) is 5.56 Å². The highest BCUT2D eigenvalue weighted by atomic mass is 35.5. The smallest absolute Gasteiger partial charge is 0.342 e. The van der Waals surface area contributed by atoms with Crippen LogP contribution in [0.25, 0.3) is 0 Å². The van der Waals surface area contributed by atoms with Crippen LogP contribution in [0.15, 0.2) is 12.1 Å². The second-order valence-electron chi connectivity index (χ2n) is 2.25. The van der Waals surface area contributed by atoms with E-state index in [1.807, 2.05) is 0 Å². The summed E-state index contributed by atoms with van der Waals surface area (Å²) >= 11 is 5.45. The highest BCUT2D eigenvalue weighted by molar-refractivity contribution is 6.28. The highest BCUT2D eigenvalue weighted by Crippen LogP contribution is 2.07. The Labute approximate surface area is 73.6 Å². The molecule has 1 rings (SSSR count). The van der Waals surface area contributed by atoms with Gasteiger partial charge in [0.25, 0.3) is 5.15 Å². The average molecular weight is 188 g/mol. The maximum atomic E-state index is 11.0. The number of pyridine rings is 1. The number of aromatic carboxylic acids is 1. The molecule has 0 bridgehead atoms. The molecule has 0 aromatic carbocycles. The second-order valence-corrected chi connectivity index (χ2v) is 2.64. The van der Waals surface area contributed by atoms with E-state index in [2.05, 4.69) is 0 Å². The first kappa shape index (κ1) is 8.80. The van der Waals surface area contributed by atoms with Gasteiger partial charge in [-0.15, -0.1) is 0 Å². The van der Waals surface area contributed by atoms with Crippen LogP contribution in [0.1, 0.15) is 16.1 Å². The number of hydrogen-bond donors (Lipinski definition) is 1. The summed E-state index contributed by atoms with van der Waals surface area (Å²) in [4.78, 5) is 10.5. The summed E-state index contributed by atoms with van der Waals surface area (Å²) in [6, 6.07) is 2.55. The van der Waals surface area contributed by atoms with Gasteiger partial charge in [-0.25, -0.2) is 4.79 Å². The van der Waals surface area contributed by atoms with Crippen molar-refractivity contribution in [2.75, 3.05) is 0 Å². The number of carbonyl (C=O) groups is 1. The maximum Gasteiger partial charge on any atom is 0.342 e. The van der Waals surface area contributed by atoms with Gasteiger partial charge in [-0.2, -0.15) is 4.73 Å². The fourth-order valence-electron chi connectivity index (χ4n) is 0.836. The fourth-order valence-corrected chi connectivity index (χ4v) is 1.03. The largest absolute Gasteiger partial charge is 0.617 e. The third kappa shape index (κ3) is 1.33. The maximum absolute atomic E-state index is 11.0. The molecule has 1 aromatic heterocycles. The first-order chi connectivity index (χ1) is 5.54. The summed E-state index contributed by atoms with van der Waals surface area (Å²) in [7, 11) is 0. The average Bonchev–Trinajstić information content (AvgIpc) is 2.00. The Kier molecular flexibility index (Phi) is 2.19. The molecule has 0 aliphatic carbocycles. The minimum Gasteiger partial charge on any atom is -0.617 e. The van der Waals surface area contributed by atoms with E-state index < -0.39 is 5.97 Å². The number of carboxylic acid groups (broad SMARTS) is 1. The normalized spacial score (nSPS) is 9.83. The Bertz CT molecular complexity index is 338. The SMILES string of the molecule is Cc1c(C(=O)O)ccc(Cl)[n+]1[O-]. The molecule has 0 fully saturated rings. The summed E-state index contributed by atoms with van der Waals surface area (Å²) < 4.78 is 0.380. The predicted octanol–water partition coefficient (Wildman–Crippen LogP) is 0.980. The first-order valence-electron chi connectivity index (χ1n) is 3.16. The number of rotatable bonds is 1. The molecule has 1 N–H and O–H groups in total. The molecular weight excluding hydrogens is 182 g/mol. The lowest BCUT2D eigenvalue weighted by Gasteiger charge is -2.03. The van der Waals surface area contributed by atoms with Gasteiger partial charge in [-0.1, -0.05) is 0 Å². The van der Waals surface area contributed by atoms with Crippen LogP contribution in [0.5, 0.6) is 0 Å². The molecule has 12 heavy (non-hydrogen) atoms. The second kappa shape index (κ2) is 2.98. The van der Waals surface area contributed by atoms with Gasteiger partial charge in [0.15, 0.2) is 0 Å². The van der Waals surface area contributed by atoms with Gasteiger partial charge >= 0.3 is 5.97 Å². The minimum absolute atomic E-state index is 0.0301. The lowest BCUT2D eigenvalue weighted by atomic mass is 10.2. The summed E-state index contributed by atoms with van der Waals surface area (Å²) in [5.74, 6) is -1.13. The molecule has 0 atom stereocenters. The quantitative estimate of drug-likeness (QED) is 0.405. The van der Waals surface area contributed by atoms with E-state index in [0.29, 0.717) is 4.73 Å². The van der Waals surface area contributed by atoms with Crippen molar-refractivity contribution in [3.8, 4) is 0 Å². The zero-order valence-corrected chi connectivity index (χ0v) is 7.00. The Hall–Kier alpha value is -1.29. The molecule has 0 saturated carbocycles. The molecule has 0 aliphatic heterocycles. The number of aromatic nitrogens is 1. The van der Waals surface area contributed by atoms with Crippen molar-refractivity contribution in [3.05, 3.63) is 33.8 Å². The molecule has 0 unspecified atom stereocenters. The van der Waals surface area contributed by atoms with E-state index >= 15 is 0 Å². The molecule has 0 aliphatic rings. The Balaban J connectivity index is 3.36. The Morgan fingerprint density at radius 2 is 2.25 bits per heavy atom. The number of halogens is 1. The molecule has 0 saturated heterocycles. The van der Waals surface area contributed by atoms with E-state index in [-0.39, 0.29) is 16.4 Å². The third-order valence-electron chi connectivity index (χ3n) is 1.51. The third-order valence-corrected chi connectivity index (χ3v) is 1.79. The first-order valence-corrected chi connectivity index (χ1v) is 3.54. The van der Waals surface area contributed by atoms with Gasteiger partial charge in [-0.05, 0) is 17.7 Å². The molecule has 0 amide bonds. The molecular formula is C7H6ClNO3. The van der Waals surface area contributed by atoms with Crippen LogP contribution in [-0.2, 0) is 0 Å². The van der Waals surface area contributed by atoms with Gasteiger partial charge in [0, 0.05) is 13.0 Å². The van der Waals surface area contributed by atoms with E-state index in [0.717, 1.165) is 0 Å². The number of hydrogen-bond acceptors (Lipinski definition) is 2. The number of nitrogens with zero attached hydrogens (tertiary/aromatic N) is 1. The van der Waals surface area contributed by atoms with Gasteiger partial charge < -0.3 is 10.3 Å². The fraction of sp³-hybridized carbons (Fsp3) is 0.143. The summed E-state index contributed by atoms with van der Waals surface area (Å²) in [6.07, 6.45) is 0. The summed E-state index contributed by atoms with van der Waals surface area (Å²) in [5, 5.41) is 19.6. The lowest BCUT2D eigenvalue weighted by molar-refractivity contribution is -0.610. The minimum atomic E-state index is -1.13. The van der Waals surface area contributed by atoms with E-state index in [1.54, 1.807) is 0 Å². The summed E-state index contributed by atoms with van der Waals surface area (Å²) in [6.45, 7) is 1.41. The van der Waals surface area contributed by atoms with E-state index in [4.69, 9.17) is 16.7 Å². The van der Waals surface area contributed by atoms with E-state index in [9.17, 15) is 10.0 Å². The Morgan fingerprint density at radius 1 is 1.67 bits per heavy atom. The monoisotopic (exact) mass is 187 g/mol. The van der Waals surface area contributed by atoms with Gasteiger partial charge in [0.05, 0.1) is 0 Å². The van der Waals surface area contributed by atoms with E-state index in [1.165, 1.54) is 19.1 Å². The Morgan fingerprint density at radius 3 is 2.75 bits per heavy atom. The molecule has 5 heteroatoms. The lowest BCUT2D eigenvalue weighted by Crippen LogP contribution is -2.33. The topological polar surface area (TPSA) is 64.2 Å². The van der Waals surface area contributed by atoms with Crippen LogP contribution in [-0.4, -0.2) is 11.1 Å². The molecule has 64 valence electrons. The van der Waals surface area contributed by atoms with Crippen LogP contribution in [0, 0.1) is 12.1 Å². The zero-order valence-electron chi connectivity index (χ0n) is 6.24. The van der Waals surface area contributed by atoms with Crippen molar-refractivity contribution >= 4 is 17.6 Å². The molecule has 4 nitrogen and oxygen atoms in total. The number of carboxylic acids is 1. The van der Waals surface area contributed by atoms with Gasteiger partial charge in [0.2, 0.25) is 5.69 Å². The zero-order chi connectivity index (χ0) is 9.30. The molecule has 0 radical (unpaired) electrons. The molecule has 1 heterocycles. The van der Waals surface area contributed by atoms with Crippen LogP contribution in [0.2, 0.25) is 5.15 Å².